The topological polar surface area (TPSA) is 0 Å². The minimum absolute atomic E-state index is 0.895. The summed E-state index contributed by atoms with van der Waals surface area (Å²) in [5, 5.41) is 0. The van der Waals surface area contributed by atoms with Crippen molar-refractivity contribution in [2.45, 2.75) is 25.7 Å². The van der Waals surface area contributed by atoms with E-state index in [0.29, 0.717) is 0 Å². The molecule has 0 N–H and O–H groups in total. The molecule has 0 heteroatoms. The molecule has 2 bridgehead atoms. The Morgan fingerprint density at radius 3 is 3.09 bits per heavy atom. The minimum Gasteiger partial charge on any atom is -0.0851 e. The van der Waals surface area contributed by atoms with Gasteiger partial charge in [0.1, 0.15) is 0 Å². The SMILES string of the molecule is C1=CC2CC23CC2CC1CC23. The van der Waals surface area contributed by atoms with Crippen LogP contribution in [-0.2, 0) is 0 Å². The zero-order valence-electron chi connectivity index (χ0n) is 6.79. The lowest BCUT2D eigenvalue weighted by atomic mass is 9.62. The van der Waals surface area contributed by atoms with Gasteiger partial charge in [-0.05, 0) is 54.8 Å². The third-order valence-corrected chi connectivity index (χ3v) is 4.91. The van der Waals surface area contributed by atoms with Gasteiger partial charge in [-0.15, -0.1) is 0 Å². The Kier molecular flexibility index (Phi) is 0.648. The van der Waals surface area contributed by atoms with Crippen molar-refractivity contribution in [3.8, 4) is 0 Å². The van der Waals surface area contributed by atoms with E-state index in [1.54, 1.807) is 19.3 Å². The Morgan fingerprint density at radius 1 is 1.09 bits per heavy atom. The lowest BCUT2D eigenvalue weighted by Crippen LogP contribution is -2.35. The van der Waals surface area contributed by atoms with Gasteiger partial charge < -0.3 is 0 Å². The highest BCUT2D eigenvalue weighted by atomic mass is 14.7. The van der Waals surface area contributed by atoms with Crippen molar-refractivity contribution in [3.63, 3.8) is 0 Å². The van der Waals surface area contributed by atoms with E-state index in [9.17, 15) is 0 Å². The second kappa shape index (κ2) is 1.32. The van der Waals surface area contributed by atoms with Crippen LogP contribution >= 0.6 is 0 Å². The number of hydrogen-bond donors (Lipinski definition) is 0. The summed E-state index contributed by atoms with van der Waals surface area (Å²) >= 11 is 0. The highest BCUT2D eigenvalue weighted by molar-refractivity contribution is 5.27. The number of fused-ring (bicyclic) bond motifs is 1. The standard InChI is InChI=1S/C11H14/c1-2-9-6-11(9)5-8-3-7(1)4-10(8)11/h1-2,7-10H,3-6H2. The summed E-state index contributed by atoms with van der Waals surface area (Å²) in [5.74, 6) is 4.37. The summed E-state index contributed by atoms with van der Waals surface area (Å²) in [7, 11) is 0. The average Bonchev–Trinajstić information content (AvgIpc) is 2.55. The van der Waals surface area contributed by atoms with E-state index in [-0.39, 0.29) is 0 Å². The zero-order chi connectivity index (χ0) is 7.05. The van der Waals surface area contributed by atoms with Crippen molar-refractivity contribution >= 4 is 0 Å². The van der Waals surface area contributed by atoms with Crippen LogP contribution in [0, 0.1) is 29.1 Å². The van der Waals surface area contributed by atoms with Gasteiger partial charge in [-0.1, -0.05) is 12.2 Å². The van der Waals surface area contributed by atoms with Gasteiger partial charge in [0.15, 0.2) is 0 Å². The van der Waals surface area contributed by atoms with Crippen molar-refractivity contribution < 1.29 is 0 Å². The first kappa shape index (κ1) is 5.40. The average molecular weight is 146 g/mol. The zero-order valence-corrected chi connectivity index (χ0v) is 6.79. The number of rotatable bonds is 0. The van der Waals surface area contributed by atoms with Gasteiger partial charge in [-0.3, -0.25) is 0 Å². The summed E-state index contributed by atoms with van der Waals surface area (Å²) in [4.78, 5) is 0. The van der Waals surface area contributed by atoms with Crippen molar-refractivity contribution in [2.75, 3.05) is 0 Å². The predicted molar refractivity (Wildman–Crippen MR) is 44.0 cm³/mol. The van der Waals surface area contributed by atoms with Crippen LogP contribution in [0.25, 0.3) is 0 Å². The van der Waals surface area contributed by atoms with E-state index in [4.69, 9.17) is 0 Å². The smallest absolute Gasteiger partial charge is 0.0168 e. The molecule has 58 valence electrons. The highest BCUT2D eigenvalue weighted by Gasteiger charge is 2.69. The molecule has 5 unspecified atom stereocenters. The summed E-state index contributed by atoms with van der Waals surface area (Å²) in [6.45, 7) is 0. The fourth-order valence-corrected chi connectivity index (χ4v) is 4.30. The van der Waals surface area contributed by atoms with Gasteiger partial charge in [0.05, 0.1) is 0 Å². The highest BCUT2D eigenvalue weighted by Crippen LogP contribution is 2.77. The molecule has 0 radical (unpaired) electrons. The van der Waals surface area contributed by atoms with Crippen LogP contribution in [0.5, 0.6) is 0 Å². The third kappa shape index (κ3) is 0.432. The molecule has 3 fully saturated rings. The Balaban J connectivity index is 1.88. The van der Waals surface area contributed by atoms with E-state index in [2.05, 4.69) is 12.2 Å². The van der Waals surface area contributed by atoms with Crippen LogP contribution in [0.4, 0.5) is 0 Å². The van der Waals surface area contributed by atoms with Crippen molar-refractivity contribution in [3.05, 3.63) is 12.2 Å². The molecule has 3 saturated carbocycles. The second-order valence-corrected chi connectivity index (χ2v) is 5.23. The molecule has 0 aliphatic heterocycles. The molecule has 0 nitrogen and oxygen atoms in total. The van der Waals surface area contributed by atoms with Crippen LogP contribution < -0.4 is 0 Å². The molecule has 0 aromatic heterocycles. The van der Waals surface area contributed by atoms with E-state index in [1.165, 1.54) is 12.3 Å². The molecule has 4 aliphatic rings. The van der Waals surface area contributed by atoms with Crippen LogP contribution in [0.15, 0.2) is 12.2 Å². The van der Waals surface area contributed by atoms with Gasteiger partial charge in [0, 0.05) is 0 Å². The summed E-state index contributed by atoms with van der Waals surface area (Å²) in [6, 6.07) is 0. The van der Waals surface area contributed by atoms with Crippen LogP contribution in [0.2, 0.25) is 0 Å². The molecule has 1 spiro atoms. The third-order valence-electron chi connectivity index (χ3n) is 4.91. The van der Waals surface area contributed by atoms with E-state index in [0.717, 1.165) is 23.2 Å². The number of hydrogen-bond acceptors (Lipinski definition) is 0. The molecule has 11 heavy (non-hydrogen) atoms. The Hall–Kier alpha value is -0.260. The Morgan fingerprint density at radius 2 is 2.09 bits per heavy atom. The molecular formula is C11H14. The molecule has 0 heterocycles. The van der Waals surface area contributed by atoms with E-state index in [1.807, 2.05) is 0 Å². The fraction of sp³-hybridized carbons (Fsp3) is 0.818. The van der Waals surface area contributed by atoms with Gasteiger partial charge in [0.25, 0.3) is 0 Å². The van der Waals surface area contributed by atoms with Crippen LogP contribution in [0.3, 0.4) is 0 Å². The maximum atomic E-state index is 2.54. The van der Waals surface area contributed by atoms with Crippen molar-refractivity contribution in [2.24, 2.45) is 29.1 Å². The Bertz CT molecular complexity index is 249. The maximum absolute atomic E-state index is 2.54. The molecule has 0 amide bonds. The lowest BCUT2D eigenvalue weighted by molar-refractivity contribution is 0.0687. The van der Waals surface area contributed by atoms with Gasteiger partial charge in [-0.25, -0.2) is 0 Å². The molecule has 4 aliphatic carbocycles. The fourth-order valence-electron chi connectivity index (χ4n) is 4.30. The summed E-state index contributed by atoms with van der Waals surface area (Å²) < 4.78 is 0. The maximum Gasteiger partial charge on any atom is -0.0168 e. The van der Waals surface area contributed by atoms with Gasteiger partial charge >= 0.3 is 0 Å². The molecular weight excluding hydrogens is 132 g/mol. The van der Waals surface area contributed by atoms with Crippen molar-refractivity contribution in [1.29, 1.82) is 0 Å². The van der Waals surface area contributed by atoms with E-state index < -0.39 is 0 Å². The summed E-state index contributed by atoms with van der Waals surface area (Å²) in [5.41, 5.74) is 0.895. The lowest BCUT2D eigenvalue weighted by Gasteiger charge is -2.42. The molecule has 0 saturated heterocycles. The van der Waals surface area contributed by atoms with Gasteiger partial charge in [0.2, 0.25) is 0 Å². The summed E-state index contributed by atoms with van der Waals surface area (Å²) in [6.07, 6.45) is 11.3. The monoisotopic (exact) mass is 146 g/mol. The van der Waals surface area contributed by atoms with Gasteiger partial charge in [-0.2, -0.15) is 0 Å². The van der Waals surface area contributed by atoms with Crippen LogP contribution in [-0.4, -0.2) is 0 Å². The van der Waals surface area contributed by atoms with E-state index >= 15 is 0 Å². The first-order valence-electron chi connectivity index (χ1n) is 5.07. The largest absolute Gasteiger partial charge is 0.0851 e. The predicted octanol–water partition coefficient (Wildman–Crippen LogP) is 2.61. The normalized spacial score (nSPS) is 68.4. The first-order chi connectivity index (χ1) is 5.38. The molecule has 0 aromatic carbocycles. The molecule has 5 atom stereocenters. The molecule has 0 aromatic rings. The molecule has 4 rings (SSSR count). The second-order valence-electron chi connectivity index (χ2n) is 5.23. The number of allylic oxidation sites excluding steroid dienone is 2. The quantitative estimate of drug-likeness (QED) is 0.461. The Labute approximate surface area is 67.7 Å². The van der Waals surface area contributed by atoms with Crippen molar-refractivity contribution in [1.82, 2.24) is 0 Å². The first-order valence-corrected chi connectivity index (χ1v) is 5.07. The van der Waals surface area contributed by atoms with Crippen LogP contribution in [0.1, 0.15) is 25.7 Å². The minimum atomic E-state index is 0.895.